The monoisotopic (exact) mass is 301 g/mol. The number of aliphatic hydroxyl groups is 1. The lowest BCUT2D eigenvalue weighted by Gasteiger charge is -2.26. The lowest BCUT2D eigenvalue weighted by Crippen LogP contribution is -2.39. The Morgan fingerprint density at radius 1 is 1.19 bits per heavy atom. The van der Waals surface area contributed by atoms with E-state index in [0.717, 1.165) is 6.07 Å². The second-order valence-corrected chi connectivity index (χ2v) is 5.40. The smallest absolute Gasteiger partial charge is 0.393 e. The van der Waals surface area contributed by atoms with Gasteiger partial charge >= 0.3 is 6.18 Å². The summed E-state index contributed by atoms with van der Waals surface area (Å²) in [4.78, 5) is 11.9. The molecule has 1 aromatic rings. The minimum atomic E-state index is -4.45. The van der Waals surface area contributed by atoms with Crippen LogP contribution in [-0.2, 0) is 17.4 Å². The molecular weight excluding hydrogens is 283 g/mol. The first kappa shape index (κ1) is 15.8. The molecule has 0 aliphatic heterocycles. The molecular formula is C15H18F3NO2. The summed E-state index contributed by atoms with van der Waals surface area (Å²) < 4.78 is 38.5. The Morgan fingerprint density at radius 2 is 1.81 bits per heavy atom. The number of hydrogen-bond acceptors (Lipinski definition) is 2. The van der Waals surface area contributed by atoms with Crippen LogP contribution in [0.5, 0.6) is 0 Å². The molecule has 21 heavy (non-hydrogen) atoms. The number of nitrogens with one attached hydrogen (secondary N) is 1. The van der Waals surface area contributed by atoms with Crippen molar-refractivity contribution in [2.45, 2.75) is 50.4 Å². The van der Waals surface area contributed by atoms with Crippen molar-refractivity contribution in [2.24, 2.45) is 0 Å². The number of hydrogen-bond donors (Lipinski definition) is 2. The fourth-order valence-electron chi connectivity index (χ4n) is 2.62. The van der Waals surface area contributed by atoms with Crippen LogP contribution in [0.2, 0.25) is 0 Å². The molecule has 1 fully saturated rings. The van der Waals surface area contributed by atoms with Gasteiger partial charge in [0.15, 0.2) is 0 Å². The van der Waals surface area contributed by atoms with E-state index in [-0.39, 0.29) is 24.1 Å². The van der Waals surface area contributed by atoms with Crippen molar-refractivity contribution < 1.29 is 23.1 Å². The first-order valence-electron chi connectivity index (χ1n) is 6.99. The average molecular weight is 301 g/mol. The van der Waals surface area contributed by atoms with Crippen molar-refractivity contribution in [3.8, 4) is 0 Å². The van der Waals surface area contributed by atoms with Gasteiger partial charge < -0.3 is 10.4 Å². The van der Waals surface area contributed by atoms with Crippen LogP contribution in [0.3, 0.4) is 0 Å². The molecule has 0 unspecified atom stereocenters. The fraction of sp³-hybridized carbons (Fsp3) is 0.533. The van der Waals surface area contributed by atoms with Crippen molar-refractivity contribution >= 4 is 5.91 Å². The van der Waals surface area contributed by atoms with Gasteiger partial charge in [0.05, 0.1) is 18.1 Å². The van der Waals surface area contributed by atoms with Crippen LogP contribution < -0.4 is 5.32 Å². The van der Waals surface area contributed by atoms with Crippen molar-refractivity contribution in [1.82, 2.24) is 5.32 Å². The van der Waals surface area contributed by atoms with E-state index < -0.39 is 17.6 Å². The van der Waals surface area contributed by atoms with E-state index in [1.807, 2.05) is 0 Å². The maximum atomic E-state index is 12.8. The highest BCUT2D eigenvalue weighted by Gasteiger charge is 2.33. The number of aliphatic hydroxyl groups excluding tert-OH is 1. The summed E-state index contributed by atoms with van der Waals surface area (Å²) >= 11 is 0. The van der Waals surface area contributed by atoms with Crippen molar-refractivity contribution in [1.29, 1.82) is 0 Å². The molecule has 0 saturated heterocycles. The molecule has 3 nitrogen and oxygen atoms in total. The van der Waals surface area contributed by atoms with Crippen LogP contribution in [0.25, 0.3) is 0 Å². The molecule has 1 saturated carbocycles. The van der Waals surface area contributed by atoms with Gasteiger partial charge in [-0.3, -0.25) is 4.79 Å². The summed E-state index contributed by atoms with van der Waals surface area (Å²) in [6.07, 6.45) is -2.51. The molecule has 0 spiro atoms. The van der Waals surface area contributed by atoms with Gasteiger partial charge in [-0.05, 0) is 37.3 Å². The maximum Gasteiger partial charge on any atom is 0.416 e. The van der Waals surface area contributed by atoms with Crippen LogP contribution in [0.15, 0.2) is 24.3 Å². The molecule has 1 aromatic carbocycles. The van der Waals surface area contributed by atoms with Gasteiger partial charge in [0.25, 0.3) is 0 Å². The average Bonchev–Trinajstić information content (AvgIpc) is 2.41. The molecule has 0 atom stereocenters. The molecule has 1 amide bonds. The molecule has 0 bridgehead atoms. The van der Waals surface area contributed by atoms with E-state index in [1.54, 1.807) is 0 Å². The van der Waals surface area contributed by atoms with E-state index in [1.165, 1.54) is 18.2 Å². The zero-order chi connectivity index (χ0) is 15.5. The van der Waals surface area contributed by atoms with Crippen LogP contribution in [0.1, 0.15) is 36.8 Å². The van der Waals surface area contributed by atoms with Crippen molar-refractivity contribution in [3.63, 3.8) is 0 Å². The van der Waals surface area contributed by atoms with Gasteiger partial charge in [0.1, 0.15) is 0 Å². The molecule has 6 heteroatoms. The molecule has 0 aromatic heterocycles. The summed E-state index contributed by atoms with van der Waals surface area (Å²) in [6.45, 7) is 0. The van der Waals surface area contributed by atoms with Gasteiger partial charge in [-0.15, -0.1) is 0 Å². The lowest BCUT2D eigenvalue weighted by atomic mass is 9.93. The highest BCUT2D eigenvalue weighted by atomic mass is 19.4. The Bertz CT molecular complexity index is 494. The van der Waals surface area contributed by atoms with E-state index in [4.69, 9.17) is 0 Å². The Morgan fingerprint density at radius 3 is 2.43 bits per heavy atom. The summed E-state index contributed by atoms with van der Waals surface area (Å²) in [5, 5.41) is 12.1. The van der Waals surface area contributed by atoms with Gasteiger partial charge in [-0.1, -0.05) is 18.2 Å². The number of alkyl halides is 3. The summed E-state index contributed by atoms with van der Waals surface area (Å²) in [5.74, 6) is -0.409. The summed E-state index contributed by atoms with van der Waals surface area (Å²) in [6, 6.07) is 5.06. The number of halogens is 3. The fourth-order valence-corrected chi connectivity index (χ4v) is 2.62. The second kappa shape index (κ2) is 6.47. The van der Waals surface area contributed by atoms with Gasteiger partial charge in [0, 0.05) is 6.04 Å². The van der Waals surface area contributed by atoms with E-state index >= 15 is 0 Å². The third-order valence-corrected chi connectivity index (χ3v) is 3.74. The minimum absolute atomic E-state index is 0.0154. The maximum absolute atomic E-state index is 12.8. The van der Waals surface area contributed by atoms with E-state index in [9.17, 15) is 23.1 Å². The van der Waals surface area contributed by atoms with Crippen LogP contribution >= 0.6 is 0 Å². The number of rotatable bonds is 3. The molecule has 0 radical (unpaired) electrons. The standard InChI is InChI=1S/C15H18F3NO2/c16-15(17,18)13-4-2-1-3-10(13)9-14(21)19-11-5-7-12(20)8-6-11/h1-4,11-12,20H,5-9H2,(H,19,21). The number of carbonyl (C=O) groups excluding carboxylic acids is 1. The summed E-state index contributed by atoms with van der Waals surface area (Å²) in [7, 11) is 0. The highest BCUT2D eigenvalue weighted by Crippen LogP contribution is 2.32. The number of benzene rings is 1. The Labute approximate surface area is 121 Å². The predicted molar refractivity (Wildman–Crippen MR) is 71.6 cm³/mol. The van der Waals surface area contributed by atoms with Crippen LogP contribution in [0, 0.1) is 0 Å². The Balaban J connectivity index is 1.97. The Kier molecular flexibility index (Phi) is 4.88. The van der Waals surface area contributed by atoms with Crippen molar-refractivity contribution in [2.75, 3.05) is 0 Å². The van der Waals surface area contributed by atoms with Crippen LogP contribution in [-0.4, -0.2) is 23.2 Å². The molecule has 116 valence electrons. The zero-order valence-corrected chi connectivity index (χ0v) is 11.5. The third-order valence-electron chi connectivity index (χ3n) is 3.74. The minimum Gasteiger partial charge on any atom is -0.393 e. The topological polar surface area (TPSA) is 49.3 Å². The quantitative estimate of drug-likeness (QED) is 0.902. The highest BCUT2D eigenvalue weighted by molar-refractivity contribution is 5.79. The van der Waals surface area contributed by atoms with Gasteiger partial charge in [-0.25, -0.2) is 0 Å². The first-order valence-corrected chi connectivity index (χ1v) is 6.99. The predicted octanol–water partition coefficient (Wildman–Crippen LogP) is 2.67. The second-order valence-electron chi connectivity index (χ2n) is 5.40. The summed E-state index contributed by atoms with van der Waals surface area (Å²) in [5.41, 5.74) is -0.780. The number of amides is 1. The zero-order valence-electron chi connectivity index (χ0n) is 11.5. The van der Waals surface area contributed by atoms with Gasteiger partial charge in [-0.2, -0.15) is 13.2 Å². The largest absolute Gasteiger partial charge is 0.416 e. The SMILES string of the molecule is O=C(Cc1ccccc1C(F)(F)F)NC1CCC(O)CC1. The van der Waals surface area contributed by atoms with E-state index in [2.05, 4.69) is 5.32 Å². The van der Waals surface area contributed by atoms with Crippen LogP contribution in [0.4, 0.5) is 13.2 Å². The van der Waals surface area contributed by atoms with Gasteiger partial charge in [0.2, 0.25) is 5.91 Å². The lowest BCUT2D eigenvalue weighted by molar-refractivity contribution is -0.138. The third kappa shape index (κ3) is 4.46. The van der Waals surface area contributed by atoms with E-state index in [0.29, 0.717) is 25.7 Å². The van der Waals surface area contributed by atoms with Crippen molar-refractivity contribution in [3.05, 3.63) is 35.4 Å². The normalized spacial score (nSPS) is 22.9. The molecule has 1 aliphatic carbocycles. The molecule has 2 rings (SSSR count). The molecule has 0 heterocycles. The first-order chi connectivity index (χ1) is 9.86. The number of carbonyl (C=O) groups is 1. The molecule has 2 N–H and O–H groups in total. The Hall–Kier alpha value is -1.56. The molecule has 1 aliphatic rings.